The molecule has 114 valence electrons. The maximum Gasteiger partial charge on any atom is 0.406 e. The number of ether oxygens (including phenoxy) is 1. The van der Waals surface area contributed by atoms with Crippen molar-refractivity contribution in [1.29, 1.82) is 0 Å². The molecular weight excluding hydrogens is 261 g/mol. The zero-order valence-corrected chi connectivity index (χ0v) is 11.5. The second-order valence-corrected chi connectivity index (χ2v) is 4.40. The number of hydrogen-bond donors (Lipinski definition) is 1. The summed E-state index contributed by atoms with van der Waals surface area (Å²) in [6, 6.07) is 0. The molecule has 0 aromatic rings. The van der Waals surface area contributed by atoms with Gasteiger partial charge < -0.3 is 15.4 Å². The molecule has 0 radical (unpaired) electrons. The molecule has 0 aliphatic heterocycles. The van der Waals surface area contributed by atoms with E-state index in [0.29, 0.717) is 26.1 Å². The van der Waals surface area contributed by atoms with Crippen LogP contribution in [0.3, 0.4) is 0 Å². The van der Waals surface area contributed by atoms with Gasteiger partial charge in [-0.15, -0.1) is 0 Å². The summed E-state index contributed by atoms with van der Waals surface area (Å²) in [6.45, 7) is 3.38. The molecule has 19 heavy (non-hydrogen) atoms. The highest BCUT2D eigenvalue weighted by Crippen LogP contribution is 2.18. The fraction of sp³-hybridized carbons (Fsp3) is 0.917. The predicted molar refractivity (Wildman–Crippen MR) is 66.6 cm³/mol. The minimum atomic E-state index is -4.39. The Bertz CT molecular complexity index is 260. The topological polar surface area (TPSA) is 55.6 Å². The van der Waals surface area contributed by atoms with E-state index < -0.39 is 24.5 Å². The lowest BCUT2D eigenvalue weighted by molar-refractivity contribution is -0.163. The van der Waals surface area contributed by atoms with E-state index in [-0.39, 0.29) is 13.1 Å². The number of halogens is 3. The quantitative estimate of drug-likeness (QED) is 0.657. The van der Waals surface area contributed by atoms with Crippen molar-refractivity contribution >= 4 is 5.91 Å². The zero-order chi connectivity index (χ0) is 14.9. The lowest BCUT2D eigenvalue weighted by Crippen LogP contribution is -2.42. The first-order chi connectivity index (χ1) is 8.81. The Morgan fingerprint density at radius 3 is 2.53 bits per heavy atom. The summed E-state index contributed by atoms with van der Waals surface area (Å²) in [6.07, 6.45) is -3.60. The lowest BCUT2D eigenvalue weighted by atomic mass is 10.1. The van der Waals surface area contributed by atoms with Gasteiger partial charge in [0.2, 0.25) is 5.91 Å². The van der Waals surface area contributed by atoms with Crippen LogP contribution in [-0.4, -0.2) is 49.8 Å². The predicted octanol–water partition coefficient (Wildman–Crippen LogP) is 1.79. The Morgan fingerprint density at radius 1 is 1.42 bits per heavy atom. The summed E-state index contributed by atoms with van der Waals surface area (Å²) in [5.74, 6) is -0.987. The highest BCUT2D eigenvalue weighted by atomic mass is 19.4. The number of carbonyl (C=O) groups excluding carboxylic acids is 1. The zero-order valence-electron chi connectivity index (χ0n) is 11.5. The standard InChI is InChI=1S/C12H23F3N2O2/c1-3-19-8-4-7-17(9-12(13,14)15)11(18)10(2)5-6-16/h10H,3-9,16H2,1-2H3. The van der Waals surface area contributed by atoms with Crippen LogP contribution in [0.2, 0.25) is 0 Å². The number of carbonyl (C=O) groups is 1. The van der Waals surface area contributed by atoms with E-state index in [1.165, 1.54) is 0 Å². The smallest absolute Gasteiger partial charge is 0.382 e. The maximum atomic E-state index is 12.4. The highest BCUT2D eigenvalue weighted by Gasteiger charge is 2.33. The molecule has 0 rings (SSSR count). The Hall–Kier alpha value is -0.820. The third-order valence-corrected chi connectivity index (χ3v) is 2.62. The molecule has 2 N–H and O–H groups in total. The molecule has 0 bridgehead atoms. The number of alkyl halides is 3. The second kappa shape index (κ2) is 9.14. The van der Waals surface area contributed by atoms with Gasteiger partial charge in [0.25, 0.3) is 0 Å². The normalized spacial score (nSPS) is 13.4. The number of amides is 1. The van der Waals surface area contributed by atoms with E-state index in [1.54, 1.807) is 6.92 Å². The molecule has 0 fully saturated rings. The van der Waals surface area contributed by atoms with Crippen molar-refractivity contribution in [2.24, 2.45) is 11.7 Å². The van der Waals surface area contributed by atoms with Gasteiger partial charge in [0.15, 0.2) is 0 Å². The second-order valence-electron chi connectivity index (χ2n) is 4.40. The molecule has 0 aliphatic carbocycles. The largest absolute Gasteiger partial charge is 0.406 e. The van der Waals surface area contributed by atoms with Crippen molar-refractivity contribution < 1.29 is 22.7 Å². The van der Waals surface area contributed by atoms with Gasteiger partial charge in [-0.25, -0.2) is 0 Å². The molecule has 0 aromatic carbocycles. The third kappa shape index (κ3) is 8.83. The highest BCUT2D eigenvalue weighted by molar-refractivity contribution is 5.78. The Labute approximate surface area is 112 Å². The number of nitrogens with two attached hydrogens (primary N) is 1. The first-order valence-electron chi connectivity index (χ1n) is 6.45. The first-order valence-corrected chi connectivity index (χ1v) is 6.45. The number of nitrogens with zero attached hydrogens (tertiary/aromatic N) is 1. The fourth-order valence-electron chi connectivity index (χ4n) is 1.67. The van der Waals surface area contributed by atoms with Crippen LogP contribution in [0.1, 0.15) is 26.7 Å². The summed E-state index contributed by atoms with van der Waals surface area (Å²) >= 11 is 0. The van der Waals surface area contributed by atoms with E-state index in [4.69, 9.17) is 10.5 Å². The van der Waals surface area contributed by atoms with E-state index in [9.17, 15) is 18.0 Å². The van der Waals surface area contributed by atoms with Crippen molar-refractivity contribution in [3.63, 3.8) is 0 Å². The number of rotatable bonds is 9. The Kier molecular flexibility index (Phi) is 8.75. The van der Waals surface area contributed by atoms with E-state index in [2.05, 4.69) is 0 Å². The summed E-state index contributed by atoms with van der Waals surface area (Å²) in [5, 5.41) is 0. The van der Waals surface area contributed by atoms with Gasteiger partial charge in [-0.05, 0) is 26.3 Å². The molecular formula is C12H23F3N2O2. The van der Waals surface area contributed by atoms with Gasteiger partial charge in [0.05, 0.1) is 0 Å². The van der Waals surface area contributed by atoms with Gasteiger partial charge >= 0.3 is 6.18 Å². The molecule has 0 saturated heterocycles. The molecule has 7 heteroatoms. The summed E-state index contributed by atoms with van der Waals surface area (Å²) < 4.78 is 42.4. The van der Waals surface area contributed by atoms with Crippen LogP contribution < -0.4 is 5.73 Å². The minimum Gasteiger partial charge on any atom is -0.382 e. The van der Waals surface area contributed by atoms with Crippen LogP contribution in [0.5, 0.6) is 0 Å². The average Bonchev–Trinajstić information content (AvgIpc) is 2.31. The van der Waals surface area contributed by atoms with Crippen molar-refractivity contribution in [1.82, 2.24) is 4.90 Å². The van der Waals surface area contributed by atoms with Crippen molar-refractivity contribution in [2.45, 2.75) is 32.9 Å². The molecule has 1 atom stereocenters. The maximum absolute atomic E-state index is 12.4. The molecule has 0 saturated carbocycles. The monoisotopic (exact) mass is 284 g/mol. The van der Waals surface area contributed by atoms with E-state index >= 15 is 0 Å². The molecule has 1 amide bonds. The molecule has 1 unspecified atom stereocenters. The first kappa shape index (κ1) is 18.2. The Morgan fingerprint density at radius 2 is 2.05 bits per heavy atom. The van der Waals surface area contributed by atoms with Crippen LogP contribution in [0.15, 0.2) is 0 Å². The molecule has 0 aromatic heterocycles. The van der Waals surface area contributed by atoms with Crippen LogP contribution in [-0.2, 0) is 9.53 Å². The van der Waals surface area contributed by atoms with Crippen molar-refractivity contribution in [2.75, 3.05) is 32.8 Å². The van der Waals surface area contributed by atoms with Crippen LogP contribution >= 0.6 is 0 Å². The molecule has 0 spiro atoms. The van der Waals surface area contributed by atoms with Crippen molar-refractivity contribution in [3.05, 3.63) is 0 Å². The molecule has 0 aliphatic rings. The SMILES string of the molecule is CCOCCCN(CC(F)(F)F)C(=O)C(C)CCN. The summed E-state index contributed by atoms with van der Waals surface area (Å²) in [5.41, 5.74) is 5.32. The Balaban J connectivity index is 4.43. The van der Waals surface area contributed by atoms with Gasteiger partial charge in [-0.2, -0.15) is 13.2 Å². The average molecular weight is 284 g/mol. The van der Waals surface area contributed by atoms with Gasteiger partial charge in [0.1, 0.15) is 6.54 Å². The van der Waals surface area contributed by atoms with Gasteiger partial charge in [-0.1, -0.05) is 6.92 Å². The van der Waals surface area contributed by atoms with E-state index in [0.717, 1.165) is 4.90 Å². The third-order valence-electron chi connectivity index (χ3n) is 2.62. The van der Waals surface area contributed by atoms with Crippen LogP contribution in [0.25, 0.3) is 0 Å². The summed E-state index contributed by atoms with van der Waals surface area (Å²) in [7, 11) is 0. The molecule has 0 heterocycles. The lowest BCUT2D eigenvalue weighted by Gasteiger charge is -2.26. The van der Waals surface area contributed by atoms with Gasteiger partial charge in [0, 0.05) is 25.7 Å². The van der Waals surface area contributed by atoms with Crippen LogP contribution in [0.4, 0.5) is 13.2 Å². The van der Waals surface area contributed by atoms with Gasteiger partial charge in [-0.3, -0.25) is 4.79 Å². The van der Waals surface area contributed by atoms with E-state index in [1.807, 2.05) is 6.92 Å². The van der Waals surface area contributed by atoms with Crippen LogP contribution in [0, 0.1) is 5.92 Å². The number of hydrogen-bond acceptors (Lipinski definition) is 3. The summed E-state index contributed by atoms with van der Waals surface area (Å²) in [4.78, 5) is 12.8. The fourth-order valence-corrected chi connectivity index (χ4v) is 1.67. The molecule has 4 nitrogen and oxygen atoms in total. The minimum absolute atomic E-state index is 0.0489. The van der Waals surface area contributed by atoms with Crippen molar-refractivity contribution in [3.8, 4) is 0 Å².